The Labute approximate surface area is 130 Å². The van der Waals surface area contributed by atoms with Crippen LogP contribution in [-0.4, -0.2) is 28.6 Å². The number of aryl methyl sites for hydroxylation is 1. The molecular weight excluding hydrogens is 303 g/mol. The first-order valence-corrected chi connectivity index (χ1v) is 8.40. The topological polar surface area (TPSA) is 49.4 Å². The number of rotatable bonds is 6. The lowest BCUT2D eigenvalue weighted by molar-refractivity contribution is 0.580. The van der Waals surface area contributed by atoms with E-state index in [1.165, 1.54) is 25.1 Å². The van der Waals surface area contributed by atoms with E-state index >= 15 is 0 Å². The molecule has 0 aliphatic heterocycles. The fourth-order valence-electron chi connectivity index (χ4n) is 2.03. The highest BCUT2D eigenvalue weighted by Gasteiger charge is 2.15. The molecule has 2 aromatic rings. The van der Waals surface area contributed by atoms with E-state index in [4.69, 9.17) is 0 Å². The smallest absolute Gasteiger partial charge is 0.240 e. The van der Waals surface area contributed by atoms with E-state index in [1.54, 1.807) is 0 Å². The summed E-state index contributed by atoms with van der Waals surface area (Å²) in [5, 5.41) is 0. The van der Waals surface area contributed by atoms with E-state index in [-0.39, 0.29) is 11.4 Å². The minimum absolute atomic E-state index is 0.0776. The molecule has 4 nitrogen and oxygen atoms in total. The number of benzene rings is 2. The van der Waals surface area contributed by atoms with Gasteiger partial charge in [0.1, 0.15) is 5.82 Å². The summed E-state index contributed by atoms with van der Waals surface area (Å²) >= 11 is 0. The van der Waals surface area contributed by atoms with Crippen LogP contribution in [0.4, 0.5) is 10.1 Å². The molecule has 118 valence electrons. The van der Waals surface area contributed by atoms with Crippen LogP contribution in [0.25, 0.3) is 0 Å². The Bertz CT molecular complexity index is 733. The van der Waals surface area contributed by atoms with Gasteiger partial charge in [-0.05, 0) is 42.8 Å². The van der Waals surface area contributed by atoms with Crippen LogP contribution >= 0.6 is 0 Å². The van der Waals surface area contributed by atoms with Crippen LogP contribution in [0.1, 0.15) is 5.56 Å². The lowest BCUT2D eigenvalue weighted by atomic mass is 10.2. The van der Waals surface area contributed by atoms with Gasteiger partial charge in [-0.25, -0.2) is 17.5 Å². The van der Waals surface area contributed by atoms with Crippen LogP contribution in [0.5, 0.6) is 0 Å². The van der Waals surface area contributed by atoms with Crippen LogP contribution in [-0.2, 0) is 10.0 Å². The fraction of sp³-hybridized carbons (Fsp3) is 0.250. The molecule has 0 saturated heterocycles. The third-order valence-electron chi connectivity index (χ3n) is 3.38. The van der Waals surface area contributed by atoms with Crippen molar-refractivity contribution in [3.05, 3.63) is 59.9 Å². The van der Waals surface area contributed by atoms with Crippen molar-refractivity contribution in [2.24, 2.45) is 0 Å². The summed E-state index contributed by atoms with van der Waals surface area (Å²) in [4.78, 5) is 2.03. The second-order valence-corrected chi connectivity index (χ2v) is 6.83. The third kappa shape index (κ3) is 4.05. The molecule has 0 bridgehead atoms. The largest absolute Gasteiger partial charge is 0.373 e. The van der Waals surface area contributed by atoms with Gasteiger partial charge in [0.2, 0.25) is 10.0 Å². The van der Waals surface area contributed by atoms with E-state index in [0.717, 1.165) is 5.69 Å². The highest BCUT2D eigenvalue weighted by molar-refractivity contribution is 7.89. The summed E-state index contributed by atoms with van der Waals surface area (Å²) in [6.07, 6.45) is 0. The fourth-order valence-corrected chi connectivity index (χ4v) is 3.13. The minimum Gasteiger partial charge on any atom is -0.373 e. The predicted octanol–water partition coefficient (Wildman–Crippen LogP) is 2.55. The van der Waals surface area contributed by atoms with E-state index < -0.39 is 15.8 Å². The standard InChI is InChI=1S/C16H19FN2O2S/c1-13-12-15(8-9-16(13)17)22(20,21)18-10-11-19(2)14-6-4-3-5-7-14/h3-9,12,18H,10-11H2,1-2H3. The summed E-state index contributed by atoms with van der Waals surface area (Å²) in [6.45, 7) is 2.34. The molecule has 22 heavy (non-hydrogen) atoms. The van der Waals surface area contributed by atoms with Crippen LogP contribution < -0.4 is 9.62 Å². The summed E-state index contributed by atoms with van der Waals surface area (Å²) in [5.74, 6) is -0.414. The van der Waals surface area contributed by atoms with Crippen molar-refractivity contribution >= 4 is 15.7 Å². The molecule has 0 aliphatic carbocycles. The third-order valence-corrected chi connectivity index (χ3v) is 4.83. The first-order valence-electron chi connectivity index (χ1n) is 6.92. The second-order valence-electron chi connectivity index (χ2n) is 5.07. The number of sulfonamides is 1. The number of halogens is 1. The Balaban J connectivity index is 1.97. The minimum atomic E-state index is -3.62. The summed E-state index contributed by atoms with van der Waals surface area (Å²) in [7, 11) is -1.73. The van der Waals surface area contributed by atoms with Gasteiger partial charge in [0, 0.05) is 25.8 Å². The molecule has 0 fully saturated rings. The quantitative estimate of drug-likeness (QED) is 0.889. The van der Waals surface area contributed by atoms with E-state index in [0.29, 0.717) is 12.1 Å². The lowest BCUT2D eigenvalue weighted by Crippen LogP contribution is -2.33. The maximum absolute atomic E-state index is 13.2. The molecule has 0 spiro atoms. The van der Waals surface area contributed by atoms with E-state index in [2.05, 4.69) is 4.72 Å². The summed E-state index contributed by atoms with van der Waals surface area (Å²) < 4.78 is 40.1. The molecule has 2 rings (SSSR count). The molecule has 0 unspecified atom stereocenters. The maximum atomic E-state index is 13.2. The number of para-hydroxylation sites is 1. The summed E-state index contributed by atoms with van der Waals surface area (Å²) in [5.41, 5.74) is 1.32. The molecule has 1 N–H and O–H groups in total. The van der Waals surface area contributed by atoms with Crippen LogP contribution in [0.3, 0.4) is 0 Å². The van der Waals surface area contributed by atoms with Gasteiger partial charge in [-0.2, -0.15) is 0 Å². The van der Waals surface area contributed by atoms with Gasteiger partial charge in [0.25, 0.3) is 0 Å². The van der Waals surface area contributed by atoms with Crippen LogP contribution in [0, 0.1) is 12.7 Å². The molecule has 0 radical (unpaired) electrons. The molecule has 0 saturated carbocycles. The monoisotopic (exact) mass is 322 g/mol. The Morgan fingerprint density at radius 2 is 1.82 bits per heavy atom. The second kappa shape index (κ2) is 6.89. The molecule has 0 aromatic heterocycles. The maximum Gasteiger partial charge on any atom is 0.240 e. The van der Waals surface area contributed by atoms with Crippen LogP contribution in [0.2, 0.25) is 0 Å². The number of hydrogen-bond donors (Lipinski definition) is 1. The first-order chi connectivity index (χ1) is 10.4. The number of nitrogens with zero attached hydrogens (tertiary/aromatic N) is 1. The zero-order valence-electron chi connectivity index (χ0n) is 12.6. The number of anilines is 1. The normalized spacial score (nSPS) is 11.4. The average molecular weight is 322 g/mol. The van der Waals surface area contributed by atoms with Crippen molar-refractivity contribution in [1.82, 2.24) is 4.72 Å². The van der Waals surface area contributed by atoms with Crippen molar-refractivity contribution in [1.29, 1.82) is 0 Å². The Hall–Kier alpha value is -1.92. The van der Waals surface area contributed by atoms with E-state index in [9.17, 15) is 12.8 Å². The predicted molar refractivity (Wildman–Crippen MR) is 86.0 cm³/mol. The van der Waals surface area contributed by atoms with E-state index in [1.807, 2.05) is 42.3 Å². The first kappa shape index (κ1) is 16.5. The zero-order chi connectivity index (χ0) is 16.2. The molecule has 0 heterocycles. The van der Waals surface area contributed by atoms with Crippen molar-refractivity contribution in [2.75, 3.05) is 25.0 Å². The molecule has 6 heteroatoms. The number of nitrogens with one attached hydrogen (secondary N) is 1. The van der Waals surface area contributed by atoms with Crippen molar-refractivity contribution in [2.45, 2.75) is 11.8 Å². The molecule has 2 aromatic carbocycles. The average Bonchev–Trinajstić information content (AvgIpc) is 2.50. The van der Waals surface area contributed by atoms with Crippen molar-refractivity contribution in [3.63, 3.8) is 0 Å². The Kier molecular flexibility index (Phi) is 5.15. The van der Waals surface area contributed by atoms with Crippen LogP contribution in [0.15, 0.2) is 53.4 Å². The summed E-state index contributed by atoms with van der Waals surface area (Å²) in [6, 6.07) is 13.5. The SMILES string of the molecule is Cc1cc(S(=O)(=O)NCCN(C)c2ccccc2)ccc1F. The highest BCUT2D eigenvalue weighted by Crippen LogP contribution is 2.14. The van der Waals surface area contributed by atoms with Gasteiger partial charge in [-0.3, -0.25) is 0 Å². The van der Waals surface area contributed by atoms with Crippen molar-refractivity contribution < 1.29 is 12.8 Å². The molecule has 0 atom stereocenters. The van der Waals surface area contributed by atoms with Gasteiger partial charge in [-0.15, -0.1) is 0 Å². The number of likely N-dealkylation sites (N-methyl/N-ethyl adjacent to an activating group) is 1. The van der Waals surface area contributed by atoms with Gasteiger partial charge in [-0.1, -0.05) is 18.2 Å². The lowest BCUT2D eigenvalue weighted by Gasteiger charge is -2.19. The van der Waals surface area contributed by atoms with Crippen molar-refractivity contribution in [3.8, 4) is 0 Å². The van der Waals surface area contributed by atoms with Gasteiger partial charge >= 0.3 is 0 Å². The highest BCUT2D eigenvalue weighted by atomic mass is 32.2. The molecule has 0 aliphatic rings. The molecule has 0 amide bonds. The van der Waals surface area contributed by atoms with Gasteiger partial charge in [0.15, 0.2) is 0 Å². The Morgan fingerprint density at radius 3 is 2.45 bits per heavy atom. The Morgan fingerprint density at radius 1 is 1.14 bits per heavy atom. The zero-order valence-corrected chi connectivity index (χ0v) is 13.4. The van der Waals surface area contributed by atoms with Gasteiger partial charge in [0.05, 0.1) is 4.90 Å². The van der Waals surface area contributed by atoms with Gasteiger partial charge < -0.3 is 4.90 Å². The molecular formula is C16H19FN2O2S. The number of hydrogen-bond acceptors (Lipinski definition) is 3.